The number of alkyl halides is 6. The Kier molecular flexibility index (Phi) is 11.5. The number of ether oxygens (including phenoxy) is 1. The average Bonchev–Trinajstić information content (AvgIpc) is 2.93. The Morgan fingerprint density at radius 1 is 1.00 bits per heavy atom. The van der Waals surface area contributed by atoms with Crippen molar-refractivity contribution in [1.29, 1.82) is 0 Å². The maximum absolute atomic E-state index is 12.6. The number of hydrogen-bond donors (Lipinski definition) is 3. The fourth-order valence-electron chi connectivity index (χ4n) is 4.68. The number of benzene rings is 1. The molecule has 1 aliphatic carbocycles. The number of hydrogen-bond acceptors (Lipinski definition) is 7. The van der Waals surface area contributed by atoms with Gasteiger partial charge in [0.25, 0.3) is 0 Å². The molecule has 2 aliphatic rings. The van der Waals surface area contributed by atoms with Crippen LogP contribution in [-0.2, 0) is 26.7 Å². The third-order valence-electron chi connectivity index (χ3n) is 6.82. The van der Waals surface area contributed by atoms with E-state index in [9.17, 15) is 31.1 Å². The van der Waals surface area contributed by atoms with Gasteiger partial charge in [-0.15, -0.1) is 0 Å². The Labute approximate surface area is 234 Å². The molecule has 41 heavy (non-hydrogen) atoms. The largest absolute Gasteiger partial charge is 0.418 e. The number of carbonyl (C=O) groups excluding carboxylic acids is 1. The normalized spacial score (nSPS) is 17.0. The quantitative estimate of drug-likeness (QED) is 0.213. The number of pyridine rings is 1. The molecule has 2 fully saturated rings. The number of anilines is 3. The van der Waals surface area contributed by atoms with Crippen molar-refractivity contribution in [2.75, 3.05) is 42.9 Å². The Hall–Kier alpha value is -3.26. The lowest BCUT2D eigenvalue weighted by atomic mass is 9.98. The van der Waals surface area contributed by atoms with Crippen LogP contribution in [0.3, 0.4) is 0 Å². The molecule has 2 aromatic rings. The molecule has 0 unspecified atom stereocenters. The van der Waals surface area contributed by atoms with Gasteiger partial charge in [-0.25, -0.2) is 4.98 Å². The second kappa shape index (κ2) is 14.6. The summed E-state index contributed by atoms with van der Waals surface area (Å²) in [5.41, 5.74) is 5.69. The van der Waals surface area contributed by atoms with Crippen LogP contribution in [0.15, 0.2) is 36.5 Å². The number of nitrogens with two attached hydrogens (primary N) is 1. The molecule has 1 saturated carbocycles. The molecule has 4 N–H and O–H groups in total. The van der Waals surface area contributed by atoms with E-state index in [1.165, 1.54) is 44.6 Å². The van der Waals surface area contributed by atoms with Gasteiger partial charge in [-0.2, -0.15) is 26.3 Å². The van der Waals surface area contributed by atoms with E-state index in [2.05, 4.69) is 20.6 Å². The maximum atomic E-state index is 12.6. The molecule has 1 aromatic carbocycles. The molecule has 0 bridgehead atoms. The predicted molar refractivity (Wildman–Crippen MR) is 142 cm³/mol. The van der Waals surface area contributed by atoms with Crippen molar-refractivity contribution in [3.63, 3.8) is 0 Å². The summed E-state index contributed by atoms with van der Waals surface area (Å²) in [6, 6.07) is 5.94. The van der Waals surface area contributed by atoms with E-state index in [1.54, 1.807) is 0 Å². The van der Waals surface area contributed by atoms with Gasteiger partial charge in [0.1, 0.15) is 12.4 Å². The first-order valence-electron chi connectivity index (χ1n) is 13.3. The van der Waals surface area contributed by atoms with Crippen molar-refractivity contribution in [3.05, 3.63) is 47.7 Å². The van der Waals surface area contributed by atoms with Crippen molar-refractivity contribution in [1.82, 2.24) is 10.3 Å². The van der Waals surface area contributed by atoms with E-state index in [-0.39, 0.29) is 36.0 Å². The zero-order valence-corrected chi connectivity index (χ0v) is 22.7. The van der Waals surface area contributed by atoms with Gasteiger partial charge in [-0.3, -0.25) is 15.1 Å². The third kappa shape index (κ3) is 10.3. The minimum Gasteiger partial charge on any atom is -0.399 e. The van der Waals surface area contributed by atoms with E-state index < -0.39 is 23.5 Å². The SMILES string of the molecule is CONc1ccc(N)cc1C(F)(F)F.O=C(COC1CCCCC1)NC1CCN(c2ccc(C(F)(F)F)cn2)CC1. The van der Waals surface area contributed by atoms with Gasteiger partial charge in [-0.1, -0.05) is 19.3 Å². The van der Waals surface area contributed by atoms with Crippen molar-refractivity contribution < 1.29 is 40.7 Å². The second-order valence-corrected chi connectivity index (χ2v) is 9.91. The van der Waals surface area contributed by atoms with E-state index in [0.717, 1.165) is 44.0 Å². The van der Waals surface area contributed by atoms with Crippen molar-refractivity contribution in [2.24, 2.45) is 0 Å². The highest BCUT2D eigenvalue weighted by Gasteiger charge is 2.34. The summed E-state index contributed by atoms with van der Waals surface area (Å²) >= 11 is 0. The fourth-order valence-corrected chi connectivity index (χ4v) is 4.68. The zero-order chi connectivity index (χ0) is 30.0. The van der Waals surface area contributed by atoms with Gasteiger partial charge in [0, 0.05) is 31.0 Å². The van der Waals surface area contributed by atoms with Crippen LogP contribution < -0.4 is 21.4 Å². The molecule has 1 aliphatic heterocycles. The molecule has 2 heterocycles. The summed E-state index contributed by atoms with van der Waals surface area (Å²) in [5.74, 6) is 0.445. The van der Waals surface area contributed by atoms with Gasteiger partial charge >= 0.3 is 12.4 Å². The van der Waals surface area contributed by atoms with Crippen LogP contribution in [0.1, 0.15) is 56.1 Å². The Morgan fingerprint density at radius 3 is 2.24 bits per heavy atom. The number of piperidine rings is 1. The minimum absolute atomic E-state index is 0.0546. The molecule has 0 radical (unpaired) electrons. The molecule has 1 aromatic heterocycles. The number of amides is 1. The molecule has 4 rings (SSSR count). The molecule has 1 amide bonds. The van der Waals surface area contributed by atoms with Gasteiger partial charge in [-0.05, 0) is 56.0 Å². The molecule has 8 nitrogen and oxygen atoms in total. The molecular weight excluding hydrogens is 556 g/mol. The van der Waals surface area contributed by atoms with Crippen molar-refractivity contribution in [2.45, 2.75) is 69.4 Å². The lowest BCUT2D eigenvalue weighted by molar-refractivity contribution is -0.138. The number of nitrogens with zero attached hydrogens (tertiary/aromatic N) is 2. The summed E-state index contributed by atoms with van der Waals surface area (Å²) < 4.78 is 80.7. The van der Waals surface area contributed by atoms with Crippen molar-refractivity contribution >= 4 is 23.1 Å². The van der Waals surface area contributed by atoms with Crippen LogP contribution in [0.2, 0.25) is 0 Å². The van der Waals surface area contributed by atoms with Crippen LogP contribution in [0.4, 0.5) is 43.5 Å². The highest BCUT2D eigenvalue weighted by atomic mass is 19.4. The summed E-state index contributed by atoms with van der Waals surface area (Å²) in [6.07, 6.45) is -0.626. The summed E-state index contributed by atoms with van der Waals surface area (Å²) in [5, 5.41) is 3.00. The molecule has 0 spiro atoms. The van der Waals surface area contributed by atoms with Gasteiger partial charge in [0.15, 0.2) is 0 Å². The monoisotopic (exact) mass is 591 g/mol. The number of nitrogens with one attached hydrogen (secondary N) is 2. The van der Waals surface area contributed by atoms with Crippen LogP contribution in [-0.4, -0.2) is 49.8 Å². The summed E-state index contributed by atoms with van der Waals surface area (Å²) in [7, 11) is 1.23. The van der Waals surface area contributed by atoms with Crippen molar-refractivity contribution in [3.8, 4) is 0 Å². The van der Waals surface area contributed by atoms with Gasteiger partial charge in [0.2, 0.25) is 5.91 Å². The number of halogens is 6. The predicted octanol–water partition coefficient (Wildman–Crippen LogP) is 5.80. The number of aromatic nitrogens is 1. The Balaban J connectivity index is 0.000000278. The van der Waals surface area contributed by atoms with E-state index in [1.807, 2.05) is 4.90 Å². The van der Waals surface area contributed by atoms with Gasteiger partial charge < -0.3 is 20.7 Å². The first-order chi connectivity index (χ1) is 19.4. The van der Waals surface area contributed by atoms with E-state index in [4.69, 9.17) is 10.5 Å². The van der Waals surface area contributed by atoms with Crippen LogP contribution in [0.25, 0.3) is 0 Å². The molecule has 1 saturated heterocycles. The third-order valence-corrected chi connectivity index (χ3v) is 6.82. The van der Waals surface area contributed by atoms with Crippen LogP contribution in [0.5, 0.6) is 0 Å². The van der Waals surface area contributed by atoms with Crippen LogP contribution in [0, 0.1) is 0 Å². The lowest BCUT2D eigenvalue weighted by Crippen LogP contribution is -2.46. The molecule has 14 heteroatoms. The van der Waals surface area contributed by atoms with E-state index >= 15 is 0 Å². The number of rotatable bonds is 7. The Morgan fingerprint density at radius 2 is 1.68 bits per heavy atom. The standard InChI is InChI=1S/C19H26F3N3O2.C8H9F3N2O/c20-19(21,22)14-6-7-17(23-12-14)25-10-8-15(9-11-25)24-18(26)13-27-16-4-2-1-3-5-16;1-14-13-7-3-2-5(12)4-6(7)8(9,10)11/h6-7,12,15-16H,1-5,8-11,13H2,(H,24,26);2-4,13H,12H2,1H3. The Bertz CT molecular complexity index is 1100. The average molecular weight is 592 g/mol. The number of carbonyl (C=O) groups is 1. The van der Waals surface area contributed by atoms with E-state index in [0.29, 0.717) is 18.9 Å². The highest BCUT2D eigenvalue weighted by Crippen LogP contribution is 2.36. The van der Waals surface area contributed by atoms with Gasteiger partial charge in [0.05, 0.1) is 30.0 Å². The summed E-state index contributed by atoms with van der Waals surface area (Å²) in [6.45, 7) is 1.39. The van der Waals surface area contributed by atoms with Crippen LogP contribution >= 0.6 is 0 Å². The molecular formula is C27H35F6N5O3. The fraction of sp³-hybridized carbons (Fsp3) is 0.556. The molecule has 228 valence electrons. The number of nitrogen functional groups attached to an aromatic ring is 1. The zero-order valence-electron chi connectivity index (χ0n) is 22.7. The first kappa shape index (κ1) is 32.3. The topological polar surface area (TPSA) is 102 Å². The lowest BCUT2D eigenvalue weighted by Gasteiger charge is -2.33. The maximum Gasteiger partial charge on any atom is 0.418 e. The first-order valence-corrected chi connectivity index (χ1v) is 13.3. The highest BCUT2D eigenvalue weighted by molar-refractivity contribution is 5.77. The molecule has 0 atom stereocenters. The second-order valence-electron chi connectivity index (χ2n) is 9.91. The summed E-state index contributed by atoms with van der Waals surface area (Å²) in [4.78, 5) is 22.4. The smallest absolute Gasteiger partial charge is 0.399 e. The minimum atomic E-state index is -4.45.